The number of nitrogens with one attached hydrogen (secondary N) is 1. The maximum Gasteiger partial charge on any atom is 0.264 e. The largest absolute Gasteiger partial charge is 0.457 e. The zero-order chi connectivity index (χ0) is 33.3. The number of amides is 2. The van der Waals surface area contributed by atoms with Gasteiger partial charge in [-0.3, -0.25) is 13.9 Å². The molecule has 0 aromatic heterocycles. The highest BCUT2D eigenvalue weighted by molar-refractivity contribution is 7.92. The number of anilines is 1. The number of sulfonamides is 1. The van der Waals surface area contributed by atoms with Crippen LogP contribution in [0.2, 0.25) is 0 Å². The molecule has 0 heterocycles. The van der Waals surface area contributed by atoms with Crippen LogP contribution in [-0.2, 0) is 26.0 Å². The van der Waals surface area contributed by atoms with Gasteiger partial charge in [-0.05, 0) is 94.6 Å². The van der Waals surface area contributed by atoms with E-state index in [0.717, 1.165) is 15.4 Å². The molecule has 0 aliphatic rings. The Hall–Kier alpha value is -4.63. The van der Waals surface area contributed by atoms with Crippen LogP contribution in [-0.4, -0.2) is 49.8 Å². The molecule has 0 aliphatic carbocycles. The third-order valence-corrected chi connectivity index (χ3v) is 9.15. The molecule has 8 nitrogen and oxygen atoms in total. The Labute approximate surface area is 273 Å². The third kappa shape index (κ3) is 9.20. The number of rotatable bonds is 13. The van der Waals surface area contributed by atoms with Crippen LogP contribution in [0.1, 0.15) is 45.2 Å². The molecule has 4 aromatic carbocycles. The number of nitrogens with zero attached hydrogens (tertiary/aromatic N) is 2. The van der Waals surface area contributed by atoms with E-state index in [4.69, 9.17) is 4.74 Å². The van der Waals surface area contributed by atoms with E-state index in [-0.39, 0.29) is 17.3 Å². The molecular formula is C37H43N3O5S. The van der Waals surface area contributed by atoms with Gasteiger partial charge in [0.25, 0.3) is 10.0 Å². The average Bonchev–Trinajstić information content (AvgIpc) is 3.02. The summed E-state index contributed by atoms with van der Waals surface area (Å²) < 4.78 is 35.3. The third-order valence-electron chi connectivity index (χ3n) is 7.36. The van der Waals surface area contributed by atoms with Gasteiger partial charge in [0.2, 0.25) is 11.8 Å². The summed E-state index contributed by atoms with van der Waals surface area (Å²) in [5, 5.41) is 3.00. The first-order valence-electron chi connectivity index (χ1n) is 15.4. The van der Waals surface area contributed by atoms with E-state index in [1.165, 1.54) is 17.0 Å². The highest BCUT2D eigenvalue weighted by atomic mass is 32.2. The maximum absolute atomic E-state index is 14.3. The van der Waals surface area contributed by atoms with E-state index in [2.05, 4.69) is 5.32 Å². The van der Waals surface area contributed by atoms with E-state index in [1.807, 2.05) is 95.3 Å². The van der Waals surface area contributed by atoms with Crippen LogP contribution in [0.5, 0.6) is 11.5 Å². The smallest absolute Gasteiger partial charge is 0.264 e. The van der Waals surface area contributed by atoms with Gasteiger partial charge in [0.05, 0.1) is 10.6 Å². The van der Waals surface area contributed by atoms with Gasteiger partial charge in [-0.2, -0.15) is 0 Å². The van der Waals surface area contributed by atoms with Crippen molar-refractivity contribution >= 4 is 27.5 Å². The molecule has 9 heteroatoms. The molecular weight excluding hydrogens is 598 g/mol. The Bertz CT molecular complexity index is 1690. The molecule has 0 aliphatic heterocycles. The zero-order valence-corrected chi connectivity index (χ0v) is 28.0. The Morgan fingerprint density at radius 2 is 1.37 bits per heavy atom. The number of aryl methyl sites for hydroxylation is 1. The van der Waals surface area contributed by atoms with Gasteiger partial charge >= 0.3 is 0 Å². The molecule has 4 rings (SSSR count). The van der Waals surface area contributed by atoms with Crippen LogP contribution < -0.4 is 14.4 Å². The second-order valence-corrected chi connectivity index (χ2v) is 14.1. The van der Waals surface area contributed by atoms with Crippen molar-refractivity contribution in [1.82, 2.24) is 10.2 Å². The first-order chi connectivity index (χ1) is 21.9. The summed E-state index contributed by atoms with van der Waals surface area (Å²) in [4.78, 5) is 29.3. The first-order valence-corrected chi connectivity index (χ1v) is 16.9. The van der Waals surface area contributed by atoms with Crippen LogP contribution in [0, 0.1) is 6.92 Å². The van der Waals surface area contributed by atoms with Gasteiger partial charge in [0.1, 0.15) is 24.1 Å². The lowest BCUT2D eigenvalue weighted by molar-refractivity contribution is -0.140. The molecule has 242 valence electrons. The lowest BCUT2D eigenvalue weighted by Gasteiger charge is -2.34. The van der Waals surface area contributed by atoms with Crippen molar-refractivity contribution in [3.63, 3.8) is 0 Å². The molecule has 46 heavy (non-hydrogen) atoms. The van der Waals surface area contributed by atoms with Gasteiger partial charge in [0.15, 0.2) is 0 Å². The van der Waals surface area contributed by atoms with E-state index in [1.54, 1.807) is 36.4 Å². The molecule has 1 atom stereocenters. The Kier molecular flexibility index (Phi) is 11.2. The average molecular weight is 642 g/mol. The van der Waals surface area contributed by atoms with E-state index >= 15 is 0 Å². The molecule has 0 spiro atoms. The number of hydrogen-bond acceptors (Lipinski definition) is 5. The molecule has 0 unspecified atom stereocenters. The Morgan fingerprint density at radius 1 is 0.804 bits per heavy atom. The van der Waals surface area contributed by atoms with Crippen LogP contribution in [0.25, 0.3) is 0 Å². The van der Waals surface area contributed by atoms with Gasteiger partial charge in [0, 0.05) is 12.1 Å². The molecule has 0 saturated carbocycles. The lowest BCUT2D eigenvalue weighted by Crippen LogP contribution is -2.56. The van der Waals surface area contributed by atoms with Crippen molar-refractivity contribution < 1.29 is 22.7 Å². The Morgan fingerprint density at radius 3 is 1.93 bits per heavy atom. The summed E-state index contributed by atoms with van der Waals surface area (Å²) in [5.41, 5.74) is 1.70. The van der Waals surface area contributed by atoms with Crippen molar-refractivity contribution in [3.8, 4) is 11.5 Å². The summed E-state index contributed by atoms with van der Waals surface area (Å²) >= 11 is 0. The second kappa shape index (κ2) is 15.1. The minimum atomic E-state index is -4.18. The molecule has 0 bridgehead atoms. The molecule has 0 fully saturated rings. The topological polar surface area (TPSA) is 96.0 Å². The fourth-order valence-electron chi connectivity index (χ4n) is 5.02. The monoisotopic (exact) mass is 641 g/mol. The second-order valence-electron chi connectivity index (χ2n) is 12.2. The molecule has 0 radical (unpaired) electrons. The quantitative estimate of drug-likeness (QED) is 0.174. The summed E-state index contributed by atoms with van der Waals surface area (Å²) in [5.74, 6) is 0.394. The van der Waals surface area contributed by atoms with Crippen LogP contribution in [0.4, 0.5) is 5.69 Å². The number of para-hydroxylation sites is 1. The predicted molar refractivity (Wildman–Crippen MR) is 183 cm³/mol. The van der Waals surface area contributed by atoms with Crippen molar-refractivity contribution in [2.75, 3.05) is 17.4 Å². The SMILES string of the molecule is CC[C@@H](C(=O)NC(C)(C)C)N(CCc1ccccc1)C(=O)CN(c1ccc(Oc2ccccc2)cc1)S(=O)(=O)c1ccc(C)cc1. The van der Waals surface area contributed by atoms with Gasteiger partial charge in [-0.25, -0.2) is 8.42 Å². The standard InChI is InChI=1S/C37H43N3O5S/c1-6-34(36(42)38-37(3,4)5)39(26-25-29-13-9-7-10-14-29)35(41)27-40(46(43,44)33-23-17-28(2)18-24-33)30-19-21-32(22-20-30)45-31-15-11-8-12-16-31/h7-24,34H,6,25-27H2,1-5H3,(H,38,42)/t34-/m0/s1. The fourth-order valence-corrected chi connectivity index (χ4v) is 6.43. The van der Waals surface area contributed by atoms with Crippen molar-refractivity contribution in [2.45, 2.75) is 63.9 Å². The number of ether oxygens (including phenoxy) is 1. The van der Waals surface area contributed by atoms with Crippen LogP contribution >= 0.6 is 0 Å². The number of hydrogen-bond donors (Lipinski definition) is 1. The normalized spacial score (nSPS) is 12.2. The van der Waals surface area contributed by atoms with Crippen LogP contribution in [0.15, 0.2) is 114 Å². The molecule has 0 saturated heterocycles. The highest BCUT2D eigenvalue weighted by Crippen LogP contribution is 2.29. The number of carbonyl (C=O) groups is 2. The summed E-state index contributed by atoms with van der Waals surface area (Å²) in [6.07, 6.45) is 0.862. The Balaban J connectivity index is 1.70. The molecule has 2 amide bonds. The van der Waals surface area contributed by atoms with E-state index in [0.29, 0.717) is 30.0 Å². The highest BCUT2D eigenvalue weighted by Gasteiger charge is 2.34. The van der Waals surface area contributed by atoms with E-state index in [9.17, 15) is 18.0 Å². The number of carbonyl (C=O) groups excluding carboxylic acids is 2. The summed E-state index contributed by atoms with van der Waals surface area (Å²) in [7, 11) is -4.18. The van der Waals surface area contributed by atoms with Crippen molar-refractivity contribution in [2.24, 2.45) is 0 Å². The van der Waals surface area contributed by atoms with E-state index < -0.39 is 34.1 Å². The van der Waals surface area contributed by atoms with Crippen molar-refractivity contribution in [1.29, 1.82) is 0 Å². The lowest BCUT2D eigenvalue weighted by atomic mass is 10.1. The number of benzene rings is 4. The molecule has 1 N–H and O–H groups in total. The van der Waals surface area contributed by atoms with Gasteiger partial charge in [-0.1, -0.05) is 73.2 Å². The fraction of sp³-hybridized carbons (Fsp3) is 0.297. The minimum absolute atomic E-state index is 0.0591. The van der Waals surface area contributed by atoms with Gasteiger partial charge in [-0.15, -0.1) is 0 Å². The van der Waals surface area contributed by atoms with Crippen molar-refractivity contribution in [3.05, 3.63) is 120 Å². The first kappa shape index (κ1) is 34.2. The summed E-state index contributed by atoms with van der Waals surface area (Å²) in [6.45, 7) is 9.12. The minimum Gasteiger partial charge on any atom is -0.457 e. The zero-order valence-electron chi connectivity index (χ0n) is 27.1. The van der Waals surface area contributed by atoms with Crippen LogP contribution in [0.3, 0.4) is 0 Å². The maximum atomic E-state index is 14.3. The molecule has 4 aromatic rings. The van der Waals surface area contributed by atoms with Gasteiger partial charge < -0.3 is 15.0 Å². The summed E-state index contributed by atoms with van der Waals surface area (Å²) in [6, 6.07) is 31.3. The predicted octanol–water partition coefficient (Wildman–Crippen LogP) is 6.75.